The molecule has 0 aromatic heterocycles. The van der Waals surface area contributed by atoms with E-state index in [1.54, 1.807) is 0 Å². The van der Waals surface area contributed by atoms with Crippen molar-refractivity contribution < 1.29 is 4.79 Å². The van der Waals surface area contributed by atoms with Crippen LogP contribution in [0.5, 0.6) is 0 Å². The van der Waals surface area contributed by atoms with Crippen molar-refractivity contribution in [1.82, 2.24) is 9.80 Å². The smallest absolute Gasteiger partial charge is 0.222 e. The van der Waals surface area contributed by atoms with E-state index in [-0.39, 0.29) is 0 Å². The molecule has 1 amide bonds. The van der Waals surface area contributed by atoms with Crippen molar-refractivity contribution >= 4 is 5.91 Å². The van der Waals surface area contributed by atoms with E-state index in [1.165, 1.54) is 12.8 Å². The Bertz CT molecular complexity index is 295. The molecule has 0 atom stereocenters. The van der Waals surface area contributed by atoms with Crippen LogP contribution in [0.3, 0.4) is 0 Å². The first-order valence-electron chi connectivity index (χ1n) is 6.99. The van der Waals surface area contributed by atoms with E-state index in [4.69, 9.17) is 0 Å². The molecule has 0 unspecified atom stereocenters. The number of hydrogen-bond acceptors (Lipinski definition) is 2. The lowest BCUT2D eigenvalue weighted by atomic mass is 10.1. The minimum atomic E-state index is 0.346. The molecule has 2 rings (SSSR count). The number of nitrogens with zero attached hydrogens (tertiary/aromatic N) is 2. The van der Waals surface area contributed by atoms with E-state index in [0.717, 1.165) is 19.6 Å². The molecule has 0 aromatic rings. The van der Waals surface area contributed by atoms with Crippen molar-refractivity contribution in [3.05, 3.63) is 0 Å². The molecule has 98 valence electrons. The minimum absolute atomic E-state index is 0.346. The zero-order valence-corrected chi connectivity index (χ0v) is 11.7. The standard InChI is InChI=1S/C14H26N2O/c1-11(2)9-13(17)15-7-8-16(12(3)4)14(10-15)5-6-14/h11-12H,5-10H2,1-4H3. The van der Waals surface area contributed by atoms with Crippen LogP contribution in [0.4, 0.5) is 0 Å². The first kappa shape index (κ1) is 12.9. The van der Waals surface area contributed by atoms with E-state index < -0.39 is 0 Å². The Kier molecular flexibility index (Phi) is 3.48. The minimum Gasteiger partial charge on any atom is -0.340 e. The van der Waals surface area contributed by atoms with E-state index in [9.17, 15) is 4.79 Å². The second-order valence-corrected chi connectivity index (χ2v) is 6.42. The van der Waals surface area contributed by atoms with E-state index in [0.29, 0.717) is 29.8 Å². The molecule has 0 N–H and O–H groups in total. The van der Waals surface area contributed by atoms with Crippen LogP contribution in [0.1, 0.15) is 47.0 Å². The molecule has 17 heavy (non-hydrogen) atoms. The molecule has 1 saturated heterocycles. The number of carbonyl (C=O) groups is 1. The Balaban J connectivity index is 1.96. The summed E-state index contributed by atoms with van der Waals surface area (Å²) < 4.78 is 0. The van der Waals surface area contributed by atoms with Crippen LogP contribution >= 0.6 is 0 Å². The Hall–Kier alpha value is -0.570. The van der Waals surface area contributed by atoms with Crippen LogP contribution in [0.25, 0.3) is 0 Å². The van der Waals surface area contributed by atoms with E-state index >= 15 is 0 Å². The van der Waals surface area contributed by atoms with Crippen molar-refractivity contribution in [3.63, 3.8) is 0 Å². The summed E-state index contributed by atoms with van der Waals surface area (Å²) in [5.74, 6) is 0.829. The van der Waals surface area contributed by atoms with Gasteiger partial charge in [-0.3, -0.25) is 9.69 Å². The van der Waals surface area contributed by atoms with Crippen LogP contribution in [0, 0.1) is 5.92 Å². The predicted octanol–water partition coefficient (Wildman–Crippen LogP) is 2.12. The number of hydrogen-bond donors (Lipinski definition) is 0. The third-order valence-electron chi connectivity index (χ3n) is 4.09. The summed E-state index contributed by atoms with van der Waals surface area (Å²) in [7, 11) is 0. The fourth-order valence-electron chi connectivity index (χ4n) is 3.08. The highest BCUT2D eigenvalue weighted by molar-refractivity contribution is 5.76. The fourth-order valence-corrected chi connectivity index (χ4v) is 3.08. The summed E-state index contributed by atoms with van der Waals surface area (Å²) in [6.45, 7) is 11.7. The van der Waals surface area contributed by atoms with Gasteiger partial charge in [-0.05, 0) is 32.6 Å². The molecule has 0 radical (unpaired) electrons. The van der Waals surface area contributed by atoms with Crippen molar-refractivity contribution in [1.29, 1.82) is 0 Å². The Labute approximate surface area is 105 Å². The van der Waals surface area contributed by atoms with Gasteiger partial charge in [-0.25, -0.2) is 0 Å². The van der Waals surface area contributed by atoms with Gasteiger partial charge >= 0.3 is 0 Å². The van der Waals surface area contributed by atoms with Gasteiger partial charge in [0.15, 0.2) is 0 Å². The van der Waals surface area contributed by atoms with Gasteiger partial charge in [0.2, 0.25) is 5.91 Å². The Morgan fingerprint density at radius 2 is 1.82 bits per heavy atom. The largest absolute Gasteiger partial charge is 0.340 e. The topological polar surface area (TPSA) is 23.6 Å². The Morgan fingerprint density at radius 3 is 2.29 bits per heavy atom. The average Bonchev–Trinajstić information content (AvgIpc) is 2.96. The third-order valence-corrected chi connectivity index (χ3v) is 4.09. The third kappa shape index (κ3) is 2.65. The lowest BCUT2D eigenvalue weighted by Gasteiger charge is -2.44. The van der Waals surface area contributed by atoms with Crippen molar-refractivity contribution in [2.45, 2.75) is 58.5 Å². The monoisotopic (exact) mass is 238 g/mol. The van der Waals surface area contributed by atoms with Crippen LogP contribution in [0.15, 0.2) is 0 Å². The molecular formula is C14H26N2O. The highest BCUT2D eigenvalue weighted by atomic mass is 16.2. The zero-order valence-electron chi connectivity index (χ0n) is 11.7. The Morgan fingerprint density at radius 1 is 1.18 bits per heavy atom. The normalized spacial score (nSPS) is 23.8. The molecule has 1 spiro atoms. The second kappa shape index (κ2) is 4.60. The van der Waals surface area contributed by atoms with Crippen molar-refractivity contribution in [2.75, 3.05) is 19.6 Å². The molecule has 2 aliphatic rings. The highest BCUT2D eigenvalue weighted by Crippen LogP contribution is 2.45. The van der Waals surface area contributed by atoms with Gasteiger partial charge in [0.1, 0.15) is 0 Å². The van der Waals surface area contributed by atoms with Crippen LogP contribution in [0.2, 0.25) is 0 Å². The van der Waals surface area contributed by atoms with Gasteiger partial charge in [0.05, 0.1) is 0 Å². The van der Waals surface area contributed by atoms with Gasteiger partial charge in [-0.15, -0.1) is 0 Å². The predicted molar refractivity (Wildman–Crippen MR) is 69.8 cm³/mol. The molecular weight excluding hydrogens is 212 g/mol. The maximum Gasteiger partial charge on any atom is 0.222 e. The zero-order chi connectivity index (χ0) is 12.6. The summed E-state index contributed by atoms with van der Waals surface area (Å²) in [4.78, 5) is 16.8. The maximum absolute atomic E-state index is 12.1. The number of carbonyl (C=O) groups excluding carboxylic acids is 1. The quantitative estimate of drug-likeness (QED) is 0.752. The lowest BCUT2D eigenvalue weighted by molar-refractivity contribution is -0.136. The lowest BCUT2D eigenvalue weighted by Crippen LogP contribution is -2.58. The van der Waals surface area contributed by atoms with Crippen molar-refractivity contribution in [3.8, 4) is 0 Å². The number of amides is 1. The molecule has 0 bridgehead atoms. The molecule has 1 heterocycles. The summed E-state index contributed by atoms with van der Waals surface area (Å²) in [5.41, 5.74) is 0.346. The van der Waals surface area contributed by atoms with Crippen LogP contribution < -0.4 is 0 Å². The molecule has 1 aliphatic heterocycles. The second-order valence-electron chi connectivity index (χ2n) is 6.42. The first-order valence-corrected chi connectivity index (χ1v) is 6.99. The summed E-state index contributed by atoms with van der Waals surface area (Å²) in [5, 5.41) is 0. The molecule has 1 aliphatic carbocycles. The summed E-state index contributed by atoms with van der Waals surface area (Å²) in [6, 6.07) is 0.611. The SMILES string of the molecule is CC(C)CC(=O)N1CCN(C(C)C)C2(CC2)C1. The molecule has 3 heteroatoms. The number of piperazine rings is 1. The van der Waals surface area contributed by atoms with Crippen LogP contribution in [-0.2, 0) is 4.79 Å². The van der Waals surface area contributed by atoms with Gasteiger partial charge in [0.25, 0.3) is 0 Å². The molecule has 2 fully saturated rings. The highest BCUT2D eigenvalue weighted by Gasteiger charge is 2.52. The average molecular weight is 238 g/mol. The first-order chi connectivity index (χ1) is 7.94. The van der Waals surface area contributed by atoms with Gasteiger partial charge in [0, 0.05) is 37.6 Å². The number of rotatable bonds is 3. The van der Waals surface area contributed by atoms with Crippen LogP contribution in [-0.4, -0.2) is 46.9 Å². The molecule has 1 saturated carbocycles. The van der Waals surface area contributed by atoms with E-state index in [1.807, 2.05) is 0 Å². The summed E-state index contributed by atoms with van der Waals surface area (Å²) in [6.07, 6.45) is 3.25. The fraction of sp³-hybridized carbons (Fsp3) is 0.929. The summed E-state index contributed by atoms with van der Waals surface area (Å²) >= 11 is 0. The van der Waals surface area contributed by atoms with Crippen molar-refractivity contribution in [2.24, 2.45) is 5.92 Å². The van der Waals surface area contributed by atoms with E-state index in [2.05, 4.69) is 37.5 Å². The molecule has 3 nitrogen and oxygen atoms in total. The van der Waals surface area contributed by atoms with Gasteiger partial charge in [-0.1, -0.05) is 13.8 Å². The van der Waals surface area contributed by atoms with Gasteiger partial charge < -0.3 is 4.90 Å². The maximum atomic E-state index is 12.1. The molecule has 0 aromatic carbocycles. The van der Waals surface area contributed by atoms with Gasteiger partial charge in [-0.2, -0.15) is 0 Å².